The lowest BCUT2D eigenvalue weighted by atomic mass is 9.81. The first-order chi connectivity index (χ1) is 11.2. The van der Waals surface area contributed by atoms with Crippen LogP contribution in [0.5, 0.6) is 5.75 Å². The molecule has 0 saturated heterocycles. The van der Waals surface area contributed by atoms with Crippen molar-refractivity contribution in [3.8, 4) is 5.75 Å². The highest BCUT2D eigenvalue weighted by atomic mass is 16.5. The van der Waals surface area contributed by atoms with Crippen LogP contribution in [0.3, 0.4) is 0 Å². The normalized spacial score (nSPS) is 17.5. The Hall–Kier alpha value is -2.61. The lowest BCUT2D eigenvalue weighted by molar-refractivity contribution is -0.115. The smallest absolute Gasteiger partial charge is 0.156 e. The number of rotatable bonds is 4. The van der Waals surface area contributed by atoms with E-state index in [1.54, 1.807) is 13.2 Å². The Morgan fingerprint density at radius 3 is 2.35 bits per heavy atom. The summed E-state index contributed by atoms with van der Waals surface area (Å²) in [6.45, 7) is 3.77. The molecule has 0 heterocycles. The molecular weight excluding hydrogens is 284 g/mol. The maximum atomic E-state index is 12.2. The first kappa shape index (κ1) is 15.3. The maximum Gasteiger partial charge on any atom is 0.156 e. The lowest BCUT2D eigenvalue weighted by Crippen LogP contribution is -2.12. The highest BCUT2D eigenvalue weighted by Gasteiger charge is 2.23. The van der Waals surface area contributed by atoms with Crippen LogP contribution in [-0.4, -0.2) is 12.9 Å². The molecule has 1 aliphatic carbocycles. The quantitative estimate of drug-likeness (QED) is 0.805. The summed E-state index contributed by atoms with van der Waals surface area (Å²) in [6, 6.07) is 16.2. The van der Waals surface area contributed by atoms with Gasteiger partial charge in [0, 0.05) is 6.42 Å². The number of benzene rings is 2. The van der Waals surface area contributed by atoms with Crippen molar-refractivity contribution < 1.29 is 9.53 Å². The predicted octanol–water partition coefficient (Wildman–Crippen LogP) is 4.87. The van der Waals surface area contributed by atoms with Gasteiger partial charge in [0.25, 0.3) is 0 Å². The van der Waals surface area contributed by atoms with Gasteiger partial charge in [0.05, 0.1) is 7.11 Å². The van der Waals surface area contributed by atoms with E-state index in [4.69, 9.17) is 4.74 Å². The molecule has 3 rings (SSSR count). The number of allylic oxidation sites excluding steroid dienone is 2. The molecule has 0 aliphatic heterocycles. The summed E-state index contributed by atoms with van der Waals surface area (Å²) < 4.78 is 5.20. The summed E-state index contributed by atoms with van der Waals surface area (Å²) in [4.78, 5) is 12.2. The fourth-order valence-electron chi connectivity index (χ4n) is 3.04. The van der Waals surface area contributed by atoms with E-state index in [0.717, 1.165) is 28.9 Å². The van der Waals surface area contributed by atoms with Gasteiger partial charge in [-0.05, 0) is 52.8 Å². The third-order valence-electron chi connectivity index (χ3n) is 4.35. The average molecular weight is 304 g/mol. The second-order valence-corrected chi connectivity index (χ2v) is 5.84. The average Bonchev–Trinajstić information content (AvgIpc) is 2.61. The fraction of sp³-hybridized carbons (Fsp3) is 0.190. The zero-order valence-corrected chi connectivity index (χ0v) is 13.3. The standard InChI is InChI=1S/C21H20O2/c1-3-15-4-6-16(7-5-15)18-12-19(14-20(22)13-18)17-8-10-21(23-2)11-9-17/h3-11,13,19H,1,12,14H2,2H3/t19-/m1/s1. The minimum Gasteiger partial charge on any atom is -0.497 e. The molecule has 2 nitrogen and oxygen atoms in total. The van der Waals surface area contributed by atoms with E-state index in [1.165, 1.54) is 5.56 Å². The van der Waals surface area contributed by atoms with Gasteiger partial charge in [0.15, 0.2) is 5.78 Å². The van der Waals surface area contributed by atoms with Gasteiger partial charge >= 0.3 is 0 Å². The van der Waals surface area contributed by atoms with Gasteiger partial charge in [-0.2, -0.15) is 0 Å². The van der Waals surface area contributed by atoms with E-state index in [2.05, 4.69) is 30.8 Å². The molecule has 2 aromatic carbocycles. The van der Waals surface area contributed by atoms with Gasteiger partial charge < -0.3 is 4.74 Å². The van der Waals surface area contributed by atoms with Crippen LogP contribution in [-0.2, 0) is 4.79 Å². The van der Waals surface area contributed by atoms with E-state index in [9.17, 15) is 4.79 Å². The van der Waals surface area contributed by atoms with Crippen molar-refractivity contribution in [1.29, 1.82) is 0 Å². The van der Waals surface area contributed by atoms with E-state index in [-0.39, 0.29) is 11.7 Å². The predicted molar refractivity (Wildman–Crippen MR) is 94.5 cm³/mol. The Labute approximate surface area is 137 Å². The zero-order chi connectivity index (χ0) is 16.2. The molecule has 0 amide bonds. The maximum absolute atomic E-state index is 12.2. The summed E-state index contributed by atoms with van der Waals surface area (Å²) in [6.07, 6.45) is 5.07. The Morgan fingerprint density at radius 2 is 1.74 bits per heavy atom. The van der Waals surface area contributed by atoms with E-state index in [0.29, 0.717) is 6.42 Å². The molecule has 0 aromatic heterocycles. The number of ketones is 1. The van der Waals surface area contributed by atoms with Crippen molar-refractivity contribution in [2.45, 2.75) is 18.8 Å². The molecular formula is C21H20O2. The second kappa shape index (κ2) is 6.66. The SMILES string of the molecule is C=Cc1ccc(C2=CC(=O)C[C@H](c3ccc(OC)cc3)C2)cc1. The molecule has 2 aromatic rings. The van der Waals surface area contributed by atoms with Crippen LogP contribution in [0, 0.1) is 0 Å². The van der Waals surface area contributed by atoms with Crippen molar-refractivity contribution in [2.24, 2.45) is 0 Å². The topological polar surface area (TPSA) is 26.3 Å². The first-order valence-corrected chi connectivity index (χ1v) is 7.80. The van der Waals surface area contributed by atoms with Crippen molar-refractivity contribution >= 4 is 17.4 Å². The van der Waals surface area contributed by atoms with Crippen molar-refractivity contribution in [1.82, 2.24) is 0 Å². The van der Waals surface area contributed by atoms with Crippen molar-refractivity contribution in [3.05, 3.63) is 77.9 Å². The summed E-state index contributed by atoms with van der Waals surface area (Å²) in [5, 5.41) is 0. The third kappa shape index (κ3) is 3.42. The summed E-state index contributed by atoms with van der Waals surface area (Å²) in [7, 11) is 1.66. The minimum absolute atomic E-state index is 0.194. The van der Waals surface area contributed by atoms with E-state index >= 15 is 0 Å². The Bertz CT molecular complexity index is 736. The molecule has 0 saturated carbocycles. The number of ether oxygens (including phenoxy) is 1. The summed E-state index contributed by atoms with van der Waals surface area (Å²) in [5.74, 6) is 1.26. The van der Waals surface area contributed by atoms with Gasteiger partial charge in [-0.15, -0.1) is 0 Å². The highest BCUT2D eigenvalue weighted by molar-refractivity contribution is 5.99. The van der Waals surface area contributed by atoms with Crippen LogP contribution in [0.25, 0.3) is 11.6 Å². The molecule has 0 bridgehead atoms. The molecule has 0 N–H and O–H groups in total. The van der Waals surface area contributed by atoms with Gasteiger partial charge in [-0.25, -0.2) is 0 Å². The summed E-state index contributed by atoms with van der Waals surface area (Å²) >= 11 is 0. The summed E-state index contributed by atoms with van der Waals surface area (Å²) in [5.41, 5.74) is 4.50. The van der Waals surface area contributed by atoms with Crippen LogP contribution < -0.4 is 4.74 Å². The largest absolute Gasteiger partial charge is 0.497 e. The van der Waals surface area contributed by atoms with Gasteiger partial charge in [0.2, 0.25) is 0 Å². The monoisotopic (exact) mass is 304 g/mol. The lowest BCUT2D eigenvalue weighted by Gasteiger charge is -2.23. The Kier molecular flexibility index (Phi) is 4.42. The molecule has 0 radical (unpaired) electrons. The minimum atomic E-state index is 0.194. The van der Waals surface area contributed by atoms with Gasteiger partial charge in [-0.1, -0.05) is 49.1 Å². The molecule has 0 fully saturated rings. The molecule has 1 aliphatic rings. The van der Waals surface area contributed by atoms with Crippen molar-refractivity contribution in [3.63, 3.8) is 0 Å². The Morgan fingerprint density at radius 1 is 1.04 bits per heavy atom. The van der Waals surface area contributed by atoms with Crippen LogP contribution in [0.15, 0.2) is 61.2 Å². The number of carbonyl (C=O) groups excluding carboxylic acids is 1. The molecule has 0 spiro atoms. The molecule has 0 unspecified atom stereocenters. The van der Waals surface area contributed by atoms with Gasteiger partial charge in [0.1, 0.15) is 5.75 Å². The molecule has 23 heavy (non-hydrogen) atoms. The Balaban J connectivity index is 1.84. The molecule has 2 heteroatoms. The second-order valence-electron chi connectivity index (χ2n) is 5.84. The van der Waals surface area contributed by atoms with E-state index in [1.807, 2.05) is 30.3 Å². The number of carbonyl (C=O) groups is 1. The van der Waals surface area contributed by atoms with Crippen LogP contribution in [0.1, 0.15) is 35.4 Å². The fourth-order valence-corrected chi connectivity index (χ4v) is 3.04. The first-order valence-electron chi connectivity index (χ1n) is 7.80. The molecule has 1 atom stereocenters. The van der Waals surface area contributed by atoms with Crippen molar-refractivity contribution in [2.75, 3.05) is 7.11 Å². The van der Waals surface area contributed by atoms with Crippen LogP contribution in [0.2, 0.25) is 0 Å². The zero-order valence-electron chi connectivity index (χ0n) is 13.3. The van der Waals surface area contributed by atoms with Crippen LogP contribution >= 0.6 is 0 Å². The van der Waals surface area contributed by atoms with E-state index < -0.39 is 0 Å². The third-order valence-corrected chi connectivity index (χ3v) is 4.35. The van der Waals surface area contributed by atoms with Gasteiger partial charge in [-0.3, -0.25) is 4.79 Å². The van der Waals surface area contributed by atoms with Crippen LogP contribution in [0.4, 0.5) is 0 Å². The number of hydrogen-bond donors (Lipinski definition) is 0. The highest BCUT2D eigenvalue weighted by Crippen LogP contribution is 2.36. The number of hydrogen-bond acceptors (Lipinski definition) is 2. The number of methoxy groups -OCH3 is 1. The molecule has 116 valence electrons.